The van der Waals surface area contributed by atoms with Crippen molar-refractivity contribution in [2.24, 2.45) is 0 Å². The maximum absolute atomic E-state index is 13.2. The van der Waals surface area contributed by atoms with E-state index in [1.54, 1.807) is 11.4 Å². The molecule has 1 aromatic heterocycles. The molecule has 0 unspecified atom stereocenters. The van der Waals surface area contributed by atoms with Crippen LogP contribution in [-0.2, 0) is 11.2 Å². The van der Waals surface area contributed by atoms with E-state index < -0.39 is 5.97 Å². The molecule has 2 N–H and O–H groups in total. The Kier molecular flexibility index (Phi) is 6.87. The van der Waals surface area contributed by atoms with Crippen molar-refractivity contribution in [1.29, 1.82) is 0 Å². The summed E-state index contributed by atoms with van der Waals surface area (Å²) in [6.45, 7) is 0.495. The number of benzene rings is 1. The summed E-state index contributed by atoms with van der Waals surface area (Å²) in [5, 5.41) is 13.7. The fraction of sp³-hybridized carbons (Fsp3) is 0.353. The molecule has 0 fully saturated rings. The van der Waals surface area contributed by atoms with Gasteiger partial charge in [0, 0.05) is 24.8 Å². The molecule has 5 nitrogen and oxygen atoms in total. The topological polar surface area (TPSA) is 79.3 Å². The summed E-state index contributed by atoms with van der Waals surface area (Å²) in [5.74, 6) is -1.33. The number of thiazole rings is 1. The van der Waals surface area contributed by atoms with Gasteiger partial charge in [-0.15, -0.1) is 11.3 Å². The second-order valence-electron chi connectivity index (χ2n) is 5.39. The number of nitrogens with one attached hydrogen (secondary N) is 1. The molecule has 0 aliphatic heterocycles. The molecule has 1 amide bonds. The van der Waals surface area contributed by atoms with Gasteiger partial charge in [-0.1, -0.05) is 18.6 Å². The van der Waals surface area contributed by atoms with Gasteiger partial charge >= 0.3 is 5.97 Å². The molecule has 0 saturated carbocycles. The number of aliphatic carboxylic acids is 1. The summed E-state index contributed by atoms with van der Waals surface area (Å²) in [6.07, 6.45) is 2.75. The van der Waals surface area contributed by atoms with Crippen LogP contribution in [0.1, 0.15) is 46.7 Å². The van der Waals surface area contributed by atoms with Crippen molar-refractivity contribution in [3.05, 3.63) is 51.7 Å². The lowest BCUT2D eigenvalue weighted by Crippen LogP contribution is -2.24. The first-order valence-electron chi connectivity index (χ1n) is 7.73. The number of amides is 1. The van der Waals surface area contributed by atoms with Gasteiger partial charge in [-0.05, 0) is 30.5 Å². The number of rotatable bonds is 9. The third-order valence-electron chi connectivity index (χ3n) is 3.38. The van der Waals surface area contributed by atoms with Gasteiger partial charge in [-0.25, -0.2) is 9.37 Å². The fourth-order valence-electron chi connectivity index (χ4n) is 2.19. The summed E-state index contributed by atoms with van der Waals surface area (Å²) in [4.78, 5) is 26.6. The number of nitrogens with zero attached hydrogens (tertiary/aromatic N) is 1. The monoisotopic (exact) mass is 350 g/mol. The van der Waals surface area contributed by atoms with E-state index in [2.05, 4.69) is 10.3 Å². The molecule has 7 heteroatoms. The van der Waals surface area contributed by atoms with Crippen LogP contribution in [-0.4, -0.2) is 28.5 Å². The Balaban J connectivity index is 1.75. The predicted octanol–water partition coefficient (Wildman–Crippen LogP) is 3.25. The number of carboxylic acids is 1. The Morgan fingerprint density at radius 2 is 2.08 bits per heavy atom. The van der Waals surface area contributed by atoms with Gasteiger partial charge in [-0.3, -0.25) is 9.59 Å². The quantitative estimate of drug-likeness (QED) is 0.681. The summed E-state index contributed by atoms with van der Waals surface area (Å²) in [5.41, 5.74) is 1.17. The maximum atomic E-state index is 13.2. The van der Waals surface area contributed by atoms with E-state index in [1.165, 1.54) is 23.5 Å². The smallest absolute Gasteiger partial charge is 0.303 e. The summed E-state index contributed by atoms with van der Waals surface area (Å²) >= 11 is 1.37. The molecule has 1 aromatic carbocycles. The van der Waals surface area contributed by atoms with E-state index >= 15 is 0 Å². The van der Waals surface area contributed by atoms with E-state index in [1.807, 2.05) is 6.07 Å². The minimum absolute atomic E-state index is 0.156. The normalized spacial score (nSPS) is 10.5. The predicted molar refractivity (Wildman–Crippen MR) is 89.8 cm³/mol. The first-order chi connectivity index (χ1) is 11.5. The first-order valence-corrected chi connectivity index (χ1v) is 8.61. The number of hydrogen-bond acceptors (Lipinski definition) is 4. The van der Waals surface area contributed by atoms with E-state index in [0.717, 1.165) is 23.4 Å². The fourth-order valence-corrected chi connectivity index (χ4v) is 3.00. The largest absolute Gasteiger partial charge is 0.481 e. The second-order valence-corrected chi connectivity index (χ2v) is 6.34. The van der Waals surface area contributed by atoms with E-state index in [4.69, 9.17) is 5.11 Å². The minimum Gasteiger partial charge on any atom is -0.481 e. The van der Waals surface area contributed by atoms with Crippen LogP contribution in [0.25, 0.3) is 0 Å². The van der Waals surface area contributed by atoms with Gasteiger partial charge < -0.3 is 10.4 Å². The number of halogens is 1. The SMILES string of the molecule is O=C(O)CCCCCNC(=O)c1csc(Cc2cccc(F)c2)n1. The molecule has 0 atom stereocenters. The van der Waals surface area contributed by atoms with Gasteiger partial charge in [0.1, 0.15) is 11.5 Å². The third kappa shape index (κ3) is 6.08. The van der Waals surface area contributed by atoms with Gasteiger partial charge in [0.05, 0.1) is 5.01 Å². The number of hydrogen-bond donors (Lipinski definition) is 2. The van der Waals surface area contributed by atoms with Crippen LogP contribution < -0.4 is 5.32 Å². The molecular weight excluding hydrogens is 331 g/mol. The summed E-state index contributed by atoms with van der Waals surface area (Å²) in [7, 11) is 0. The molecule has 2 aromatic rings. The average molecular weight is 350 g/mol. The third-order valence-corrected chi connectivity index (χ3v) is 4.23. The van der Waals surface area contributed by atoms with E-state index in [-0.39, 0.29) is 18.1 Å². The number of carboxylic acid groups (broad SMARTS) is 1. The highest BCUT2D eigenvalue weighted by Gasteiger charge is 2.10. The number of unbranched alkanes of at least 4 members (excludes halogenated alkanes) is 2. The molecule has 0 aliphatic carbocycles. The molecule has 2 rings (SSSR count). The van der Waals surface area contributed by atoms with Crippen LogP contribution in [0.2, 0.25) is 0 Å². The molecule has 128 valence electrons. The van der Waals surface area contributed by atoms with Crippen LogP contribution in [0.3, 0.4) is 0 Å². The molecule has 1 heterocycles. The lowest BCUT2D eigenvalue weighted by atomic mass is 10.1. The lowest BCUT2D eigenvalue weighted by molar-refractivity contribution is -0.137. The van der Waals surface area contributed by atoms with Crippen LogP contribution in [0.5, 0.6) is 0 Å². The standard InChI is InChI=1S/C17H19FN2O3S/c18-13-6-4-5-12(9-13)10-15-20-14(11-24-15)17(23)19-8-3-1-2-7-16(21)22/h4-6,9,11H,1-3,7-8,10H2,(H,19,23)(H,21,22). The van der Waals surface area contributed by atoms with E-state index in [0.29, 0.717) is 25.1 Å². The van der Waals surface area contributed by atoms with Crippen LogP contribution in [0, 0.1) is 5.82 Å². The summed E-state index contributed by atoms with van der Waals surface area (Å²) in [6, 6.07) is 6.32. The van der Waals surface area contributed by atoms with Gasteiger partial charge in [0.25, 0.3) is 5.91 Å². The van der Waals surface area contributed by atoms with Gasteiger partial charge in [0.2, 0.25) is 0 Å². The van der Waals surface area contributed by atoms with Crippen LogP contribution in [0.4, 0.5) is 4.39 Å². The van der Waals surface area contributed by atoms with Crippen molar-refractivity contribution in [2.45, 2.75) is 32.1 Å². The van der Waals surface area contributed by atoms with Crippen molar-refractivity contribution in [2.75, 3.05) is 6.54 Å². The first kappa shape index (κ1) is 18.1. The van der Waals surface area contributed by atoms with Crippen molar-refractivity contribution < 1.29 is 19.1 Å². The Morgan fingerprint density at radius 1 is 1.25 bits per heavy atom. The Hall–Kier alpha value is -2.28. The Labute approximate surface area is 143 Å². The number of aromatic nitrogens is 1. The molecule has 0 aliphatic rings. The molecule has 0 saturated heterocycles. The zero-order valence-electron chi connectivity index (χ0n) is 13.1. The number of carbonyl (C=O) groups excluding carboxylic acids is 1. The highest BCUT2D eigenvalue weighted by Crippen LogP contribution is 2.15. The van der Waals surface area contributed by atoms with Crippen molar-refractivity contribution in [3.8, 4) is 0 Å². The zero-order valence-corrected chi connectivity index (χ0v) is 13.9. The Bertz CT molecular complexity index is 703. The van der Waals surface area contributed by atoms with Gasteiger partial charge in [0.15, 0.2) is 0 Å². The lowest BCUT2D eigenvalue weighted by Gasteiger charge is -2.02. The van der Waals surface area contributed by atoms with Crippen LogP contribution >= 0.6 is 11.3 Å². The maximum Gasteiger partial charge on any atom is 0.303 e. The molecule has 0 radical (unpaired) electrons. The molecule has 0 spiro atoms. The van der Waals surface area contributed by atoms with Gasteiger partial charge in [-0.2, -0.15) is 0 Å². The molecule has 0 bridgehead atoms. The van der Waals surface area contributed by atoms with Crippen molar-refractivity contribution >= 4 is 23.2 Å². The number of carbonyl (C=O) groups is 2. The van der Waals surface area contributed by atoms with E-state index in [9.17, 15) is 14.0 Å². The van der Waals surface area contributed by atoms with Crippen LogP contribution in [0.15, 0.2) is 29.6 Å². The summed E-state index contributed by atoms with van der Waals surface area (Å²) < 4.78 is 13.2. The molecule has 24 heavy (non-hydrogen) atoms. The Morgan fingerprint density at radius 3 is 2.83 bits per heavy atom. The average Bonchev–Trinajstić information content (AvgIpc) is 2.99. The zero-order chi connectivity index (χ0) is 17.4. The highest BCUT2D eigenvalue weighted by atomic mass is 32.1. The molecular formula is C17H19FN2O3S. The highest BCUT2D eigenvalue weighted by molar-refractivity contribution is 7.09. The van der Waals surface area contributed by atoms with Crippen molar-refractivity contribution in [3.63, 3.8) is 0 Å². The van der Waals surface area contributed by atoms with Crippen molar-refractivity contribution in [1.82, 2.24) is 10.3 Å². The minimum atomic E-state index is -0.799. The second kappa shape index (κ2) is 9.12.